The number of ether oxygens (including phenoxy) is 1. The molecular formula is C17H24N2O. The molecule has 0 radical (unpaired) electrons. The van der Waals surface area contributed by atoms with Gasteiger partial charge in [0, 0.05) is 36.3 Å². The van der Waals surface area contributed by atoms with E-state index in [9.17, 15) is 0 Å². The molecule has 0 saturated carbocycles. The van der Waals surface area contributed by atoms with Crippen LogP contribution in [-0.2, 0) is 17.7 Å². The lowest BCUT2D eigenvalue weighted by atomic mass is 10.0. The molecule has 1 aliphatic rings. The van der Waals surface area contributed by atoms with Crippen LogP contribution in [-0.4, -0.2) is 23.3 Å². The van der Waals surface area contributed by atoms with Gasteiger partial charge in [-0.1, -0.05) is 12.1 Å². The van der Waals surface area contributed by atoms with E-state index < -0.39 is 0 Å². The van der Waals surface area contributed by atoms with Crippen molar-refractivity contribution in [1.29, 1.82) is 0 Å². The predicted octanol–water partition coefficient (Wildman–Crippen LogP) is 3.10. The molecule has 3 nitrogen and oxygen atoms in total. The summed E-state index contributed by atoms with van der Waals surface area (Å²) in [6, 6.07) is 8.97. The molecular weight excluding hydrogens is 248 g/mol. The Labute approximate surface area is 120 Å². The SMILES string of the molecule is CC(N)Cc1cccc2c1ccn2CCC1CCCO1. The molecule has 1 aromatic heterocycles. The fourth-order valence-electron chi connectivity index (χ4n) is 3.16. The fraction of sp³-hybridized carbons (Fsp3) is 0.529. The van der Waals surface area contributed by atoms with Crippen molar-refractivity contribution in [3.8, 4) is 0 Å². The Hall–Kier alpha value is -1.32. The van der Waals surface area contributed by atoms with Crippen molar-refractivity contribution in [2.75, 3.05) is 6.61 Å². The zero-order valence-electron chi connectivity index (χ0n) is 12.2. The molecule has 3 heteroatoms. The number of aromatic nitrogens is 1. The fourth-order valence-corrected chi connectivity index (χ4v) is 3.16. The number of fused-ring (bicyclic) bond motifs is 1. The molecule has 20 heavy (non-hydrogen) atoms. The van der Waals surface area contributed by atoms with E-state index in [0.29, 0.717) is 6.10 Å². The Kier molecular flexibility index (Phi) is 4.08. The molecule has 1 saturated heterocycles. The summed E-state index contributed by atoms with van der Waals surface area (Å²) >= 11 is 0. The molecule has 2 atom stereocenters. The van der Waals surface area contributed by atoms with E-state index in [-0.39, 0.29) is 6.04 Å². The maximum absolute atomic E-state index is 5.94. The van der Waals surface area contributed by atoms with Crippen molar-refractivity contribution in [3.63, 3.8) is 0 Å². The van der Waals surface area contributed by atoms with E-state index in [4.69, 9.17) is 10.5 Å². The van der Waals surface area contributed by atoms with Crippen LogP contribution in [0.3, 0.4) is 0 Å². The third-order valence-electron chi connectivity index (χ3n) is 4.16. The minimum atomic E-state index is 0.204. The second-order valence-electron chi connectivity index (χ2n) is 5.96. The van der Waals surface area contributed by atoms with Crippen LogP contribution in [0.5, 0.6) is 0 Å². The van der Waals surface area contributed by atoms with Crippen molar-refractivity contribution in [1.82, 2.24) is 4.57 Å². The topological polar surface area (TPSA) is 40.2 Å². The maximum atomic E-state index is 5.94. The van der Waals surface area contributed by atoms with Crippen molar-refractivity contribution in [2.24, 2.45) is 5.73 Å². The molecule has 108 valence electrons. The van der Waals surface area contributed by atoms with Crippen LogP contribution in [0.25, 0.3) is 10.9 Å². The first-order chi connectivity index (χ1) is 9.74. The van der Waals surface area contributed by atoms with Crippen molar-refractivity contribution in [2.45, 2.75) is 51.3 Å². The first kappa shape index (κ1) is 13.7. The normalized spacial score (nSPS) is 20.6. The van der Waals surface area contributed by atoms with E-state index in [1.165, 1.54) is 29.3 Å². The maximum Gasteiger partial charge on any atom is 0.0593 e. The van der Waals surface area contributed by atoms with E-state index in [2.05, 4.69) is 42.0 Å². The molecule has 0 amide bonds. The van der Waals surface area contributed by atoms with Gasteiger partial charge < -0.3 is 15.0 Å². The molecule has 0 aliphatic carbocycles. The molecule has 3 rings (SSSR count). The number of aryl methyl sites for hydroxylation is 1. The van der Waals surface area contributed by atoms with Crippen LogP contribution in [0, 0.1) is 0 Å². The quantitative estimate of drug-likeness (QED) is 0.908. The molecule has 1 fully saturated rings. The minimum absolute atomic E-state index is 0.204. The van der Waals surface area contributed by atoms with Crippen LogP contribution < -0.4 is 5.73 Å². The summed E-state index contributed by atoms with van der Waals surface area (Å²) in [7, 11) is 0. The molecule has 1 aliphatic heterocycles. The minimum Gasteiger partial charge on any atom is -0.378 e. The van der Waals surface area contributed by atoms with Gasteiger partial charge >= 0.3 is 0 Å². The largest absolute Gasteiger partial charge is 0.378 e. The van der Waals surface area contributed by atoms with Crippen LogP contribution in [0.4, 0.5) is 0 Å². The zero-order chi connectivity index (χ0) is 13.9. The Morgan fingerprint density at radius 1 is 1.40 bits per heavy atom. The average Bonchev–Trinajstić information content (AvgIpc) is 3.05. The van der Waals surface area contributed by atoms with Crippen molar-refractivity contribution >= 4 is 10.9 Å². The zero-order valence-corrected chi connectivity index (χ0v) is 12.2. The molecule has 2 aromatic rings. The molecule has 0 bridgehead atoms. The van der Waals surface area contributed by atoms with Gasteiger partial charge in [-0.2, -0.15) is 0 Å². The van der Waals surface area contributed by atoms with Gasteiger partial charge in [0.15, 0.2) is 0 Å². The lowest BCUT2D eigenvalue weighted by molar-refractivity contribution is 0.101. The van der Waals surface area contributed by atoms with Crippen LogP contribution in [0.1, 0.15) is 31.7 Å². The highest BCUT2D eigenvalue weighted by atomic mass is 16.5. The van der Waals surface area contributed by atoms with Gasteiger partial charge in [-0.15, -0.1) is 0 Å². The van der Waals surface area contributed by atoms with Crippen LogP contribution in [0.2, 0.25) is 0 Å². The second-order valence-corrected chi connectivity index (χ2v) is 5.96. The van der Waals surface area contributed by atoms with E-state index >= 15 is 0 Å². The van der Waals surface area contributed by atoms with Gasteiger partial charge in [0.05, 0.1) is 6.10 Å². The van der Waals surface area contributed by atoms with E-state index in [1.54, 1.807) is 0 Å². The second kappa shape index (κ2) is 5.98. The smallest absolute Gasteiger partial charge is 0.0593 e. The third-order valence-corrected chi connectivity index (χ3v) is 4.16. The van der Waals surface area contributed by atoms with Gasteiger partial charge in [-0.25, -0.2) is 0 Å². The molecule has 2 unspecified atom stereocenters. The summed E-state index contributed by atoms with van der Waals surface area (Å²) in [5, 5.41) is 1.34. The standard InChI is InChI=1S/C17H24N2O/c1-13(18)12-14-4-2-6-17-16(14)8-10-19(17)9-7-15-5-3-11-20-15/h2,4,6,8,10,13,15H,3,5,7,9,11-12,18H2,1H3. The summed E-state index contributed by atoms with van der Waals surface area (Å²) in [5.41, 5.74) is 8.62. The van der Waals surface area contributed by atoms with Crippen molar-refractivity contribution in [3.05, 3.63) is 36.0 Å². The summed E-state index contributed by atoms with van der Waals surface area (Å²) in [6.07, 6.45) is 7.14. The van der Waals surface area contributed by atoms with Crippen LogP contribution in [0.15, 0.2) is 30.5 Å². The van der Waals surface area contributed by atoms with E-state index in [1.807, 2.05) is 0 Å². The van der Waals surface area contributed by atoms with Gasteiger partial charge in [0.2, 0.25) is 0 Å². The van der Waals surface area contributed by atoms with Gasteiger partial charge in [-0.05, 0) is 50.3 Å². The molecule has 2 heterocycles. The summed E-state index contributed by atoms with van der Waals surface area (Å²) in [5.74, 6) is 0. The van der Waals surface area contributed by atoms with Gasteiger partial charge in [0.1, 0.15) is 0 Å². The Balaban J connectivity index is 1.78. The Morgan fingerprint density at radius 3 is 3.05 bits per heavy atom. The first-order valence-corrected chi connectivity index (χ1v) is 7.68. The molecule has 2 N–H and O–H groups in total. The number of nitrogens with two attached hydrogens (primary N) is 1. The van der Waals surface area contributed by atoms with Crippen LogP contribution >= 0.6 is 0 Å². The van der Waals surface area contributed by atoms with Gasteiger partial charge in [0.25, 0.3) is 0 Å². The first-order valence-electron chi connectivity index (χ1n) is 7.68. The van der Waals surface area contributed by atoms with E-state index in [0.717, 1.165) is 26.0 Å². The average molecular weight is 272 g/mol. The Morgan fingerprint density at radius 2 is 2.30 bits per heavy atom. The van der Waals surface area contributed by atoms with Gasteiger partial charge in [-0.3, -0.25) is 0 Å². The summed E-state index contributed by atoms with van der Waals surface area (Å²) < 4.78 is 8.06. The number of benzene rings is 1. The molecule has 1 aromatic carbocycles. The highest BCUT2D eigenvalue weighted by Gasteiger charge is 2.15. The number of hydrogen-bond donors (Lipinski definition) is 1. The highest BCUT2D eigenvalue weighted by Crippen LogP contribution is 2.23. The molecule has 0 spiro atoms. The Bertz CT molecular complexity index is 567. The lowest BCUT2D eigenvalue weighted by Gasteiger charge is -2.12. The lowest BCUT2D eigenvalue weighted by Crippen LogP contribution is -2.17. The number of rotatable bonds is 5. The highest BCUT2D eigenvalue weighted by molar-refractivity contribution is 5.83. The predicted molar refractivity (Wildman–Crippen MR) is 82.9 cm³/mol. The number of hydrogen-bond acceptors (Lipinski definition) is 2. The summed E-state index contributed by atoms with van der Waals surface area (Å²) in [4.78, 5) is 0. The summed E-state index contributed by atoms with van der Waals surface area (Å²) in [6.45, 7) is 4.04. The third kappa shape index (κ3) is 2.89. The monoisotopic (exact) mass is 272 g/mol. The number of nitrogens with zero attached hydrogens (tertiary/aromatic N) is 1. The van der Waals surface area contributed by atoms with Crippen molar-refractivity contribution < 1.29 is 4.74 Å².